The molecule has 0 unspecified atom stereocenters. The second kappa shape index (κ2) is 6.18. The molecule has 0 radical (unpaired) electrons. The summed E-state index contributed by atoms with van der Waals surface area (Å²) in [6.07, 6.45) is 4.45. The van der Waals surface area contributed by atoms with Crippen LogP contribution in [0.25, 0.3) is 0 Å². The first kappa shape index (κ1) is 13.3. The van der Waals surface area contributed by atoms with Gasteiger partial charge in [-0.2, -0.15) is 4.98 Å². The van der Waals surface area contributed by atoms with Gasteiger partial charge in [-0.3, -0.25) is 4.90 Å². The lowest BCUT2D eigenvalue weighted by atomic mass is 10.0. The number of hydrogen-bond donors (Lipinski definition) is 0. The van der Waals surface area contributed by atoms with Crippen molar-refractivity contribution in [1.82, 2.24) is 15.0 Å². The van der Waals surface area contributed by atoms with Crippen molar-refractivity contribution in [3.05, 3.63) is 47.6 Å². The van der Waals surface area contributed by atoms with Gasteiger partial charge in [0.1, 0.15) is 0 Å². The molecule has 3 rings (SSSR count). The van der Waals surface area contributed by atoms with Gasteiger partial charge in [0.25, 0.3) is 0 Å². The molecule has 0 bridgehead atoms. The maximum absolute atomic E-state index is 5.31. The molecule has 1 aliphatic rings. The van der Waals surface area contributed by atoms with Crippen LogP contribution >= 0.6 is 0 Å². The Hall–Kier alpha value is -1.68. The number of hydrogen-bond acceptors (Lipinski definition) is 4. The van der Waals surface area contributed by atoms with Gasteiger partial charge in [0.2, 0.25) is 5.89 Å². The minimum atomic E-state index is 0.592. The Morgan fingerprint density at radius 2 is 2.15 bits per heavy atom. The first-order valence-corrected chi connectivity index (χ1v) is 7.44. The highest BCUT2D eigenvalue weighted by molar-refractivity contribution is 5.16. The van der Waals surface area contributed by atoms with Crippen molar-refractivity contribution >= 4 is 0 Å². The highest BCUT2D eigenvalue weighted by atomic mass is 16.5. The number of benzene rings is 1. The van der Waals surface area contributed by atoms with E-state index in [0.29, 0.717) is 6.04 Å². The SMILES string of the molecule is CCc1noc(CN2CCC[C@@H]2Cc2ccccc2)n1. The molecule has 1 aromatic heterocycles. The Kier molecular flexibility index (Phi) is 4.11. The van der Waals surface area contributed by atoms with Crippen LogP contribution < -0.4 is 0 Å². The predicted octanol–water partition coefficient (Wildman–Crippen LogP) is 2.84. The summed E-state index contributed by atoms with van der Waals surface area (Å²) in [6, 6.07) is 11.3. The summed E-state index contributed by atoms with van der Waals surface area (Å²) < 4.78 is 5.31. The van der Waals surface area contributed by atoms with Gasteiger partial charge in [0, 0.05) is 12.5 Å². The molecule has 20 heavy (non-hydrogen) atoms. The molecule has 0 aliphatic carbocycles. The normalized spacial score (nSPS) is 19.6. The van der Waals surface area contributed by atoms with Crippen molar-refractivity contribution in [2.75, 3.05) is 6.54 Å². The van der Waals surface area contributed by atoms with Gasteiger partial charge < -0.3 is 4.52 Å². The van der Waals surface area contributed by atoms with Crippen molar-refractivity contribution in [3.63, 3.8) is 0 Å². The lowest BCUT2D eigenvalue weighted by Gasteiger charge is -2.22. The first-order chi connectivity index (χ1) is 9.85. The molecule has 1 atom stereocenters. The van der Waals surface area contributed by atoms with Crippen LogP contribution in [0.2, 0.25) is 0 Å². The maximum atomic E-state index is 5.31. The van der Waals surface area contributed by atoms with E-state index >= 15 is 0 Å². The van der Waals surface area contributed by atoms with Crippen molar-refractivity contribution in [1.29, 1.82) is 0 Å². The highest BCUT2D eigenvalue weighted by Crippen LogP contribution is 2.22. The van der Waals surface area contributed by atoms with Crippen LogP contribution in [-0.2, 0) is 19.4 Å². The molecule has 1 fully saturated rings. The third-order valence-corrected chi connectivity index (χ3v) is 3.98. The average molecular weight is 271 g/mol. The van der Waals surface area contributed by atoms with Gasteiger partial charge in [0.05, 0.1) is 6.54 Å². The molecule has 4 heteroatoms. The molecule has 1 saturated heterocycles. The molecule has 0 saturated carbocycles. The summed E-state index contributed by atoms with van der Waals surface area (Å²) in [4.78, 5) is 6.89. The Morgan fingerprint density at radius 3 is 2.90 bits per heavy atom. The van der Waals surface area contributed by atoms with E-state index in [9.17, 15) is 0 Å². The van der Waals surface area contributed by atoms with Gasteiger partial charge >= 0.3 is 0 Å². The fraction of sp³-hybridized carbons (Fsp3) is 0.500. The summed E-state index contributed by atoms with van der Waals surface area (Å²) in [6.45, 7) is 3.95. The zero-order valence-corrected chi connectivity index (χ0v) is 12.0. The van der Waals surface area contributed by atoms with E-state index in [1.165, 1.54) is 18.4 Å². The lowest BCUT2D eigenvalue weighted by molar-refractivity contribution is 0.209. The zero-order valence-electron chi connectivity index (χ0n) is 12.0. The van der Waals surface area contributed by atoms with E-state index in [1.54, 1.807) is 0 Å². The minimum absolute atomic E-state index is 0.592. The molecule has 4 nitrogen and oxygen atoms in total. The molecule has 0 N–H and O–H groups in total. The van der Waals surface area contributed by atoms with Crippen LogP contribution in [0.4, 0.5) is 0 Å². The Labute approximate surface area is 119 Å². The molecule has 0 spiro atoms. The van der Waals surface area contributed by atoms with Gasteiger partial charge in [-0.05, 0) is 31.4 Å². The molecule has 1 aromatic carbocycles. The van der Waals surface area contributed by atoms with Crippen molar-refractivity contribution in [2.45, 2.75) is 45.2 Å². The van der Waals surface area contributed by atoms with E-state index in [2.05, 4.69) is 45.4 Å². The molecule has 1 aliphatic heterocycles. The molecule has 0 amide bonds. The molecular formula is C16H21N3O. The first-order valence-electron chi connectivity index (χ1n) is 7.44. The van der Waals surface area contributed by atoms with Gasteiger partial charge in [-0.15, -0.1) is 0 Å². The van der Waals surface area contributed by atoms with Crippen LogP contribution in [-0.4, -0.2) is 27.6 Å². The van der Waals surface area contributed by atoms with Crippen LogP contribution in [0, 0.1) is 0 Å². The van der Waals surface area contributed by atoms with Gasteiger partial charge in [-0.1, -0.05) is 42.4 Å². The number of rotatable bonds is 5. The third-order valence-electron chi connectivity index (χ3n) is 3.98. The van der Waals surface area contributed by atoms with Crippen molar-refractivity contribution in [3.8, 4) is 0 Å². The maximum Gasteiger partial charge on any atom is 0.240 e. The second-order valence-corrected chi connectivity index (χ2v) is 5.41. The van der Waals surface area contributed by atoms with E-state index in [1.807, 2.05) is 6.92 Å². The molecule has 2 heterocycles. The predicted molar refractivity (Wildman–Crippen MR) is 77.3 cm³/mol. The third kappa shape index (κ3) is 3.07. The van der Waals surface area contributed by atoms with E-state index in [-0.39, 0.29) is 0 Å². The summed E-state index contributed by atoms with van der Waals surface area (Å²) in [5.41, 5.74) is 1.41. The average Bonchev–Trinajstić information content (AvgIpc) is 3.10. The quantitative estimate of drug-likeness (QED) is 0.838. The number of likely N-dealkylation sites (tertiary alicyclic amines) is 1. The van der Waals surface area contributed by atoms with Crippen LogP contribution in [0.1, 0.15) is 37.0 Å². The fourth-order valence-corrected chi connectivity index (χ4v) is 2.89. The highest BCUT2D eigenvalue weighted by Gasteiger charge is 2.26. The number of aryl methyl sites for hydroxylation is 1. The summed E-state index contributed by atoms with van der Waals surface area (Å²) in [7, 11) is 0. The van der Waals surface area contributed by atoms with Crippen molar-refractivity contribution < 1.29 is 4.52 Å². The summed E-state index contributed by atoms with van der Waals surface area (Å²) in [5.74, 6) is 1.56. The lowest BCUT2D eigenvalue weighted by Crippen LogP contribution is -2.30. The molecular weight excluding hydrogens is 250 g/mol. The zero-order chi connectivity index (χ0) is 13.8. The minimum Gasteiger partial charge on any atom is -0.338 e. The Bertz CT molecular complexity index is 538. The smallest absolute Gasteiger partial charge is 0.240 e. The Balaban J connectivity index is 1.63. The second-order valence-electron chi connectivity index (χ2n) is 5.41. The fourth-order valence-electron chi connectivity index (χ4n) is 2.89. The largest absolute Gasteiger partial charge is 0.338 e. The topological polar surface area (TPSA) is 42.2 Å². The standard InChI is InChI=1S/C16H21N3O/c1-2-15-17-16(20-18-15)12-19-10-6-9-14(19)11-13-7-4-3-5-8-13/h3-5,7-8,14H,2,6,9-12H2,1H3/t14-/m1/s1. The Morgan fingerprint density at radius 1 is 1.30 bits per heavy atom. The van der Waals surface area contributed by atoms with E-state index < -0.39 is 0 Å². The van der Waals surface area contributed by atoms with Crippen LogP contribution in [0.15, 0.2) is 34.9 Å². The number of nitrogens with zero attached hydrogens (tertiary/aromatic N) is 3. The van der Waals surface area contributed by atoms with Gasteiger partial charge in [-0.25, -0.2) is 0 Å². The van der Waals surface area contributed by atoms with Gasteiger partial charge in [0.15, 0.2) is 5.82 Å². The van der Waals surface area contributed by atoms with E-state index in [0.717, 1.165) is 37.6 Å². The summed E-state index contributed by atoms with van der Waals surface area (Å²) in [5, 5.41) is 3.97. The van der Waals surface area contributed by atoms with E-state index in [4.69, 9.17) is 4.52 Å². The van der Waals surface area contributed by atoms with Crippen LogP contribution in [0.3, 0.4) is 0 Å². The van der Waals surface area contributed by atoms with Crippen LogP contribution in [0.5, 0.6) is 0 Å². The molecule has 106 valence electrons. The number of aromatic nitrogens is 2. The van der Waals surface area contributed by atoms with Crippen molar-refractivity contribution in [2.24, 2.45) is 0 Å². The monoisotopic (exact) mass is 271 g/mol. The summed E-state index contributed by atoms with van der Waals surface area (Å²) >= 11 is 0. The molecule has 2 aromatic rings.